The highest BCUT2D eigenvalue weighted by molar-refractivity contribution is 14.1. The standard InChI is InChI=1S/C24H26IN9O2/c1-24(2,3)18-9-19(31-34(18)14-5-8-35-13-14)29-23-30-22-21(32(23)4)20(25)17(11-27-22)36-16-12-28-33-7-6-26-10-15(16)33/h6-7,9-12,14H,5,8,13H2,1-4H3,(H,27,29,30,31). The predicted octanol–water partition coefficient (Wildman–Crippen LogP) is 4.61. The van der Waals surface area contributed by atoms with Gasteiger partial charge in [-0.05, 0) is 29.0 Å². The third-order valence-corrected chi connectivity index (χ3v) is 7.35. The van der Waals surface area contributed by atoms with Gasteiger partial charge in [-0.2, -0.15) is 15.2 Å². The van der Waals surface area contributed by atoms with Gasteiger partial charge in [-0.3, -0.25) is 9.67 Å². The van der Waals surface area contributed by atoms with Crippen molar-refractivity contribution in [3.63, 3.8) is 0 Å². The van der Waals surface area contributed by atoms with Gasteiger partial charge in [0.25, 0.3) is 0 Å². The Balaban J connectivity index is 1.34. The second kappa shape index (κ2) is 8.69. The molecule has 1 aliphatic rings. The second-order valence-electron chi connectivity index (χ2n) is 9.87. The van der Waals surface area contributed by atoms with Crippen LogP contribution in [0.4, 0.5) is 11.8 Å². The fraction of sp³-hybridized carbons (Fsp3) is 0.375. The van der Waals surface area contributed by atoms with Crippen molar-refractivity contribution < 1.29 is 9.47 Å². The molecule has 0 aliphatic carbocycles. The Hall–Kier alpha value is -3.26. The number of imidazole rings is 1. The second-order valence-corrected chi connectivity index (χ2v) is 11.0. The smallest absolute Gasteiger partial charge is 0.210 e. The van der Waals surface area contributed by atoms with Crippen LogP contribution in [-0.2, 0) is 17.2 Å². The van der Waals surface area contributed by atoms with Crippen molar-refractivity contribution >= 4 is 51.0 Å². The van der Waals surface area contributed by atoms with E-state index in [1.54, 1.807) is 35.5 Å². The Morgan fingerprint density at radius 1 is 1.19 bits per heavy atom. The van der Waals surface area contributed by atoms with Gasteiger partial charge < -0.3 is 19.4 Å². The summed E-state index contributed by atoms with van der Waals surface area (Å²) in [6.07, 6.45) is 9.50. The van der Waals surface area contributed by atoms with Crippen LogP contribution in [-0.4, -0.2) is 52.1 Å². The Bertz CT molecular complexity index is 1570. The summed E-state index contributed by atoms with van der Waals surface area (Å²) in [5.41, 5.74) is 3.37. The lowest BCUT2D eigenvalue weighted by Crippen LogP contribution is -2.22. The number of rotatable bonds is 5. The van der Waals surface area contributed by atoms with Crippen molar-refractivity contribution in [3.05, 3.63) is 46.3 Å². The van der Waals surface area contributed by atoms with Crippen LogP contribution in [0.15, 0.2) is 37.1 Å². The van der Waals surface area contributed by atoms with Crippen LogP contribution >= 0.6 is 22.6 Å². The molecular weight excluding hydrogens is 573 g/mol. The number of hydrogen-bond acceptors (Lipinski definition) is 8. The van der Waals surface area contributed by atoms with Gasteiger partial charge in [0, 0.05) is 43.2 Å². The highest BCUT2D eigenvalue weighted by atomic mass is 127. The van der Waals surface area contributed by atoms with Crippen LogP contribution in [0.25, 0.3) is 16.7 Å². The third kappa shape index (κ3) is 3.97. The number of fused-ring (bicyclic) bond motifs is 2. The molecule has 12 heteroatoms. The van der Waals surface area contributed by atoms with Crippen molar-refractivity contribution in [3.8, 4) is 11.5 Å². The molecule has 1 fully saturated rings. The summed E-state index contributed by atoms with van der Waals surface area (Å²) in [7, 11) is 1.96. The Morgan fingerprint density at radius 2 is 2.06 bits per heavy atom. The zero-order valence-corrected chi connectivity index (χ0v) is 22.6. The first kappa shape index (κ1) is 23.2. The summed E-state index contributed by atoms with van der Waals surface area (Å²) in [4.78, 5) is 13.5. The van der Waals surface area contributed by atoms with Crippen LogP contribution in [0.3, 0.4) is 0 Å². The molecular formula is C24H26IN9O2. The summed E-state index contributed by atoms with van der Waals surface area (Å²) < 4.78 is 18.5. The van der Waals surface area contributed by atoms with Gasteiger partial charge in [0.2, 0.25) is 5.95 Å². The average Bonchev–Trinajstić information content (AvgIpc) is 3.63. The number of aromatic nitrogens is 8. The van der Waals surface area contributed by atoms with Crippen molar-refractivity contribution in [2.75, 3.05) is 18.5 Å². The number of aryl methyl sites for hydroxylation is 1. The summed E-state index contributed by atoms with van der Waals surface area (Å²) in [5, 5.41) is 12.6. The fourth-order valence-electron chi connectivity index (χ4n) is 4.43. The molecule has 1 atom stereocenters. The minimum Gasteiger partial charge on any atom is -0.450 e. The molecule has 6 heterocycles. The largest absolute Gasteiger partial charge is 0.450 e. The molecule has 36 heavy (non-hydrogen) atoms. The molecule has 186 valence electrons. The SMILES string of the molecule is Cn1c(Nc2cc(C(C)(C)C)n(C3CCOC3)n2)nc2ncc(Oc3cnn4ccncc34)c(I)c21. The minimum atomic E-state index is -0.0569. The Kier molecular flexibility index (Phi) is 5.59. The monoisotopic (exact) mass is 599 g/mol. The maximum Gasteiger partial charge on any atom is 0.210 e. The van der Waals surface area contributed by atoms with E-state index in [0.29, 0.717) is 29.7 Å². The maximum atomic E-state index is 6.18. The number of nitrogens with one attached hydrogen (secondary N) is 1. The van der Waals surface area contributed by atoms with Crippen molar-refractivity contribution in [2.24, 2.45) is 7.05 Å². The van der Waals surface area contributed by atoms with E-state index in [9.17, 15) is 0 Å². The van der Waals surface area contributed by atoms with Gasteiger partial charge in [0.05, 0.1) is 34.8 Å². The van der Waals surface area contributed by atoms with E-state index in [2.05, 4.69) is 74.5 Å². The maximum absolute atomic E-state index is 6.18. The van der Waals surface area contributed by atoms with E-state index >= 15 is 0 Å². The highest BCUT2D eigenvalue weighted by Crippen LogP contribution is 2.35. The molecule has 1 unspecified atom stereocenters. The van der Waals surface area contributed by atoms with Crippen molar-refractivity contribution in [1.82, 2.24) is 38.9 Å². The van der Waals surface area contributed by atoms with Crippen LogP contribution < -0.4 is 10.1 Å². The van der Waals surface area contributed by atoms with Crippen molar-refractivity contribution in [2.45, 2.75) is 38.6 Å². The van der Waals surface area contributed by atoms with Gasteiger partial charge in [0.15, 0.2) is 23.0 Å². The quantitative estimate of drug-likeness (QED) is 0.292. The molecule has 0 aromatic carbocycles. The molecule has 0 bridgehead atoms. The fourth-order valence-corrected chi connectivity index (χ4v) is 5.28. The Morgan fingerprint density at radius 3 is 2.83 bits per heavy atom. The van der Waals surface area contributed by atoms with Gasteiger partial charge in [0.1, 0.15) is 11.0 Å². The van der Waals surface area contributed by atoms with Crippen LogP contribution in [0, 0.1) is 3.57 Å². The first-order valence-electron chi connectivity index (χ1n) is 11.7. The van der Waals surface area contributed by atoms with E-state index in [-0.39, 0.29) is 11.5 Å². The van der Waals surface area contributed by atoms with E-state index in [1.165, 1.54) is 0 Å². The normalized spacial score (nSPS) is 16.3. The van der Waals surface area contributed by atoms with Crippen molar-refractivity contribution in [1.29, 1.82) is 0 Å². The first-order valence-corrected chi connectivity index (χ1v) is 12.8. The van der Waals surface area contributed by atoms with Gasteiger partial charge in [-0.1, -0.05) is 20.8 Å². The summed E-state index contributed by atoms with van der Waals surface area (Å²) >= 11 is 2.27. The van der Waals surface area contributed by atoms with Gasteiger partial charge >= 0.3 is 0 Å². The molecule has 1 aliphatic heterocycles. The molecule has 11 nitrogen and oxygen atoms in total. The lowest BCUT2D eigenvalue weighted by atomic mass is 9.91. The molecule has 0 saturated carbocycles. The topological polar surface area (TPSA) is 109 Å². The predicted molar refractivity (Wildman–Crippen MR) is 143 cm³/mol. The molecule has 1 saturated heterocycles. The number of pyridine rings is 1. The number of nitrogens with zero attached hydrogens (tertiary/aromatic N) is 8. The van der Waals surface area contributed by atoms with E-state index in [1.807, 2.05) is 11.6 Å². The third-order valence-electron chi connectivity index (χ3n) is 6.31. The van der Waals surface area contributed by atoms with Gasteiger partial charge in [-0.25, -0.2) is 9.50 Å². The van der Waals surface area contributed by atoms with Gasteiger partial charge in [-0.15, -0.1) is 0 Å². The Labute approximate surface area is 221 Å². The van der Waals surface area contributed by atoms with Crippen LogP contribution in [0.1, 0.15) is 38.9 Å². The average molecular weight is 599 g/mol. The van der Waals surface area contributed by atoms with E-state index in [4.69, 9.17) is 19.6 Å². The summed E-state index contributed by atoms with van der Waals surface area (Å²) in [5.74, 6) is 2.63. The number of hydrogen-bond donors (Lipinski definition) is 1. The molecule has 1 N–H and O–H groups in total. The van der Waals surface area contributed by atoms with E-state index < -0.39 is 0 Å². The number of halogens is 1. The molecule has 0 amide bonds. The summed E-state index contributed by atoms with van der Waals surface area (Å²) in [6.45, 7) is 8.04. The lowest BCUT2D eigenvalue weighted by molar-refractivity contribution is 0.183. The molecule has 5 aromatic rings. The minimum absolute atomic E-state index is 0.0569. The molecule has 0 spiro atoms. The highest BCUT2D eigenvalue weighted by Gasteiger charge is 2.28. The first-order chi connectivity index (χ1) is 17.3. The number of anilines is 2. The van der Waals surface area contributed by atoms with Crippen LogP contribution in [0.5, 0.6) is 11.5 Å². The lowest BCUT2D eigenvalue weighted by Gasteiger charge is -2.22. The van der Waals surface area contributed by atoms with E-state index in [0.717, 1.165) is 39.1 Å². The molecule has 0 radical (unpaired) electrons. The zero-order valence-electron chi connectivity index (χ0n) is 20.4. The van der Waals surface area contributed by atoms with Crippen LogP contribution in [0.2, 0.25) is 0 Å². The number of ether oxygens (including phenoxy) is 2. The molecule has 6 rings (SSSR count). The molecule has 5 aromatic heterocycles. The zero-order chi connectivity index (χ0) is 25.0. The summed E-state index contributed by atoms with van der Waals surface area (Å²) in [6, 6.07) is 2.34.